The number of rotatable bonds is 1. The topological polar surface area (TPSA) is 45.1 Å². The number of thioether (sulfide) groups is 1. The fourth-order valence-electron chi connectivity index (χ4n) is 1.99. The van der Waals surface area contributed by atoms with Crippen LogP contribution in [0.4, 0.5) is 13.2 Å². The Balaban J connectivity index is 2.00. The van der Waals surface area contributed by atoms with Gasteiger partial charge in [-0.1, -0.05) is 11.8 Å². The molecule has 0 amide bonds. The maximum atomic E-state index is 12.3. The summed E-state index contributed by atoms with van der Waals surface area (Å²) >= 11 is 1.31. The van der Waals surface area contributed by atoms with Crippen LogP contribution in [0.25, 0.3) is 0 Å². The number of alkyl halides is 3. The molecule has 1 saturated heterocycles. The number of hydrogen-bond donors (Lipinski definition) is 1. The molecule has 0 radical (unpaired) electrons. The Morgan fingerprint density at radius 1 is 1.50 bits per heavy atom. The highest BCUT2D eigenvalue weighted by Gasteiger charge is 2.45. The van der Waals surface area contributed by atoms with Crippen LogP contribution in [0.2, 0.25) is 0 Å². The highest BCUT2D eigenvalue weighted by Crippen LogP contribution is 2.39. The van der Waals surface area contributed by atoms with E-state index in [9.17, 15) is 18.3 Å². The summed E-state index contributed by atoms with van der Waals surface area (Å²) in [5, 5.41) is 10.4. The van der Waals surface area contributed by atoms with Crippen molar-refractivity contribution in [3.05, 3.63) is 0 Å². The molecule has 1 fully saturated rings. The van der Waals surface area contributed by atoms with Gasteiger partial charge in [0, 0.05) is 20.5 Å². The first-order valence-corrected chi connectivity index (χ1v) is 6.46. The Kier molecular flexibility index (Phi) is 3.80. The number of nitrogens with zero attached hydrogens (tertiary/aromatic N) is 2. The van der Waals surface area contributed by atoms with E-state index in [1.807, 2.05) is 14.1 Å². The van der Waals surface area contributed by atoms with E-state index in [-0.39, 0.29) is 12.5 Å². The van der Waals surface area contributed by atoms with Crippen molar-refractivity contribution >= 4 is 16.9 Å². The number of aliphatic hydroxyl groups is 1. The van der Waals surface area contributed by atoms with Gasteiger partial charge in [0.05, 0.1) is 24.7 Å². The summed E-state index contributed by atoms with van der Waals surface area (Å²) in [5.41, 5.74) is -0.418. The summed E-state index contributed by atoms with van der Waals surface area (Å²) < 4.78 is 42.3. The van der Waals surface area contributed by atoms with Crippen LogP contribution in [-0.2, 0) is 4.74 Å². The third kappa shape index (κ3) is 3.10. The van der Waals surface area contributed by atoms with Crippen molar-refractivity contribution in [3.63, 3.8) is 0 Å². The lowest BCUT2D eigenvalue weighted by atomic mass is 9.99. The van der Waals surface area contributed by atoms with E-state index < -0.39 is 30.2 Å². The van der Waals surface area contributed by atoms with Gasteiger partial charge >= 0.3 is 6.18 Å². The van der Waals surface area contributed by atoms with Gasteiger partial charge in [0.1, 0.15) is 5.44 Å². The lowest BCUT2D eigenvalue weighted by molar-refractivity contribution is -0.189. The summed E-state index contributed by atoms with van der Waals surface area (Å²) in [6, 6.07) is -0.258. The van der Waals surface area contributed by atoms with Gasteiger partial charge < -0.3 is 14.7 Å². The van der Waals surface area contributed by atoms with Crippen LogP contribution in [-0.4, -0.2) is 59.1 Å². The van der Waals surface area contributed by atoms with Crippen LogP contribution in [0.3, 0.4) is 0 Å². The van der Waals surface area contributed by atoms with Gasteiger partial charge in [-0.25, -0.2) is 0 Å². The minimum Gasteiger partial charge on any atom is -0.390 e. The maximum absolute atomic E-state index is 12.3. The van der Waals surface area contributed by atoms with Gasteiger partial charge in [-0.2, -0.15) is 13.2 Å². The number of amidine groups is 1. The van der Waals surface area contributed by atoms with Crippen LogP contribution in [0.5, 0.6) is 0 Å². The SMILES string of the molecule is CN(C)C1=NC2CC(O)C(CC(F)(F)F)OC2S1. The number of aliphatic hydroxyl groups excluding tert-OH is 1. The third-order valence-corrected chi connectivity index (χ3v) is 4.19. The van der Waals surface area contributed by atoms with E-state index in [2.05, 4.69) is 4.99 Å². The van der Waals surface area contributed by atoms with Gasteiger partial charge in [0.2, 0.25) is 0 Å². The Labute approximate surface area is 107 Å². The predicted octanol–water partition coefficient (Wildman–Crippen LogP) is 1.45. The van der Waals surface area contributed by atoms with Crippen molar-refractivity contribution in [2.75, 3.05) is 14.1 Å². The fourth-order valence-corrected chi connectivity index (χ4v) is 3.14. The second kappa shape index (κ2) is 4.90. The summed E-state index contributed by atoms with van der Waals surface area (Å²) in [6.45, 7) is 0. The van der Waals surface area contributed by atoms with Crippen molar-refractivity contribution in [2.45, 2.75) is 42.7 Å². The van der Waals surface area contributed by atoms with Crippen molar-refractivity contribution < 1.29 is 23.0 Å². The van der Waals surface area contributed by atoms with Crippen LogP contribution in [0, 0.1) is 0 Å². The van der Waals surface area contributed by atoms with E-state index in [0.717, 1.165) is 5.17 Å². The molecule has 0 saturated carbocycles. The average molecular weight is 284 g/mol. The molecule has 4 nitrogen and oxygen atoms in total. The van der Waals surface area contributed by atoms with Crippen LogP contribution < -0.4 is 0 Å². The number of hydrogen-bond acceptors (Lipinski definition) is 5. The molecule has 2 heterocycles. The Hall–Kier alpha value is -0.470. The third-order valence-electron chi connectivity index (χ3n) is 2.85. The molecule has 18 heavy (non-hydrogen) atoms. The van der Waals surface area contributed by atoms with E-state index in [1.54, 1.807) is 4.90 Å². The molecule has 0 aromatic rings. The summed E-state index contributed by atoms with van der Waals surface area (Å²) in [7, 11) is 3.62. The second-order valence-corrected chi connectivity index (χ2v) is 5.72. The molecule has 1 N–H and O–H groups in total. The minimum absolute atomic E-state index is 0.218. The van der Waals surface area contributed by atoms with Gasteiger partial charge in [-0.3, -0.25) is 4.99 Å². The number of fused-ring (bicyclic) bond motifs is 1. The van der Waals surface area contributed by atoms with Gasteiger partial charge in [0.15, 0.2) is 5.17 Å². The molecule has 0 spiro atoms. The Morgan fingerprint density at radius 3 is 2.72 bits per heavy atom. The van der Waals surface area contributed by atoms with E-state index in [0.29, 0.717) is 0 Å². The zero-order chi connectivity index (χ0) is 13.5. The first kappa shape index (κ1) is 14.0. The normalized spacial score (nSPS) is 36.2. The standard InChI is InChI=1S/C10H15F3N2O2S/c1-15(2)9-14-5-3-6(16)7(4-10(11,12)13)17-8(5)18-9/h5-8,16H,3-4H2,1-2H3. The van der Waals surface area contributed by atoms with Crippen molar-refractivity contribution in [1.29, 1.82) is 0 Å². The van der Waals surface area contributed by atoms with Gasteiger partial charge in [-0.15, -0.1) is 0 Å². The molecule has 0 aromatic heterocycles. The minimum atomic E-state index is -4.33. The van der Waals surface area contributed by atoms with Crippen LogP contribution in [0.15, 0.2) is 4.99 Å². The van der Waals surface area contributed by atoms with Crippen molar-refractivity contribution in [3.8, 4) is 0 Å². The average Bonchev–Trinajstić information content (AvgIpc) is 2.59. The summed E-state index contributed by atoms with van der Waals surface area (Å²) in [5.74, 6) is 0. The molecule has 0 bridgehead atoms. The van der Waals surface area contributed by atoms with E-state index >= 15 is 0 Å². The zero-order valence-corrected chi connectivity index (χ0v) is 10.8. The summed E-state index contributed by atoms with van der Waals surface area (Å²) in [4.78, 5) is 6.12. The molecule has 4 atom stereocenters. The molecule has 0 aromatic carbocycles. The first-order valence-electron chi connectivity index (χ1n) is 5.58. The van der Waals surface area contributed by atoms with E-state index in [4.69, 9.17) is 4.74 Å². The lowest BCUT2D eigenvalue weighted by Gasteiger charge is -2.34. The number of ether oxygens (including phenoxy) is 1. The highest BCUT2D eigenvalue weighted by molar-refractivity contribution is 8.14. The molecule has 2 aliphatic rings. The van der Waals surface area contributed by atoms with Crippen molar-refractivity contribution in [1.82, 2.24) is 4.90 Å². The van der Waals surface area contributed by atoms with Crippen LogP contribution in [0.1, 0.15) is 12.8 Å². The molecule has 4 unspecified atom stereocenters. The largest absolute Gasteiger partial charge is 0.391 e. The zero-order valence-electron chi connectivity index (χ0n) is 10.0. The quantitative estimate of drug-likeness (QED) is 0.791. The smallest absolute Gasteiger partial charge is 0.390 e. The fraction of sp³-hybridized carbons (Fsp3) is 0.900. The van der Waals surface area contributed by atoms with Gasteiger partial charge in [-0.05, 0) is 0 Å². The Morgan fingerprint density at radius 2 is 2.17 bits per heavy atom. The molecular weight excluding hydrogens is 269 g/mol. The molecule has 0 aliphatic carbocycles. The number of halogens is 3. The molecule has 8 heteroatoms. The van der Waals surface area contributed by atoms with Crippen LogP contribution >= 0.6 is 11.8 Å². The molecule has 2 aliphatic heterocycles. The highest BCUT2D eigenvalue weighted by atomic mass is 32.2. The molecule has 2 rings (SSSR count). The maximum Gasteiger partial charge on any atom is 0.391 e. The Bertz CT molecular complexity index is 349. The molecule has 104 valence electrons. The number of aliphatic imine (C=N–C) groups is 1. The first-order chi connectivity index (χ1) is 8.26. The summed E-state index contributed by atoms with van der Waals surface area (Å²) in [6.07, 6.45) is -7.52. The second-order valence-electron chi connectivity index (χ2n) is 4.66. The monoisotopic (exact) mass is 284 g/mol. The molecular formula is C10H15F3N2O2S. The van der Waals surface area contributed by atoms with E-state index in [1.165, 1.54) is 11.8 Å². The van der Waals surface area contributed by atoms with Gasteiger partial charge in [0.25, 0.3) is 0 Å². The predicted molar refractivity (Wildman–Crippen MR) is 62.5 cm³/mol. The lowest BCUT2D eigenvalue weighted by Crippen LogP contribution is -2.45. The van der Waals surface area contributed by atoms with Crippen molar-refractivity contribution in [2.24, 2.45) is 4.99 Å².